The third kappa shape index (κ3) is 5.12. The fourth-order valence-corrected chi connectivity index (χ4v) is 6.84. The monoisotopic (exact) mass is 561 g/mol. The summed E-state index contributed by atoms with van der Waals surface area (Å²) in [5.41, 5.74) is 2.51. The number of benzene rings is 1. The molecule has 5 atom stereocenters. The number of aromatic nitrogens is 4. The van der Waals surface area contributed by atoms with Crippen LogP contribution in [0.2, 0.25) is 0 Å². The number of alkyl carbamates (subject to hydrolysis) is 1. The zero-order chi connectivity index (χ0) is 28.9. The molecule has 13 heteroatoms. The van der Waals surface area contributed by atoms with Gasteiger partial charge in [-0.15, -0.1) is 10.2 Å². The van der Waals surface area contributed by atoms with E-state index in [0.717, 1.165) is 30.4 Å². The summed E-state index contributed by atoms with van der Waals surface area (Å²) in [7, 11) is 0. The minimum atomic E-state index is -0.921. The second-order valence-corrected chi connectivity index (χ2v) is 12.3. The van der Waals surface area contributed by atoms with Crippen LogP contribution in [0, 0.1) is 11.3 Å². The Bertz CT molecular complexity index is 1380. The van der Waals surface area contributed by atoms with Crippen LogP contribution in [0.4, 0.5) is 4.79 Å². The second kappa shape index (κ2) is 10.4. The van der Waals surface area contributed by atoms with Gasteiger partial charge in [-0.3, -0.25) is 14.5 Å². The Kier molecular flexibility index (Phi) is 6.89. The highest BCUT2D eigenvalue weighted by Crippen LogP contribution is 2.44. The molecule has 1 aromatic carbocycles. The number of amides is 3. The molecule has 0 unspecified atom stereocenters. The van der Waals surface area contributed by atoms with E-state index in [4.69, 9.17) is 4.74 Å². The van der Waals surface area contributed by atoms with Gasteiger partial charge in [0.05, 0.1) is 18.2 Å². The summed E-state index contributed by atoms with van der Waals surface area (Å²) in [5.74, 6) is 0.289. The van der Waals surface area contributed by atoms with E-state index in [-0.39, 0.29) is 36.5 Å². The zero-order valence-electron chi connectivity index (χ0n) is 23.5. The third-order valence-electron chi connectivity index (χ3n) is 8.53. The molecule has 4 heterocycles. The fourth-order valence-electron chi connectivity index (χ4n) is 6.84. The third-order valence-corrected chi connectivity index (χ3v) is 8.53. The van der Waals surface area contributed by atoms with Gasteiger partial charge in [0.1, 0.15) is 17.7 Å². The maximum Gasteiger partial charge on any atom is 0.408 e. The molecule has 6 rings (SSSR count). The van der Waals surface area contributed by atoms with E-state index in [1.165, 1.54) is 5.56 Å². The standard InChI is InChI=1S/C28H35N9O4/c1-28(2,3)41-27(40)30-21(25(38)36-10-4-5-18(36)13-29)15-35-14-19-12-23(35)26(39)37(19)22-9-7-16-11-17(6-8-20(16)22)24-31-33-34-32-24/h6,8,11,18-19,21-23H,4-5,7,9-10,12,14-15H2,1-3H3,(H,30,40)(H,31,32,33,34)/t18-,19-,21-,22-,23-/m0/s1. The van der Waals surface area contributed by atoms with Crippen molar-refractivity contribution in [2.75, 3.05) is 19.6 Å². The average molecular weight is 562 g/mol. The van der Waals surface area contributed by atoms with E-state index in [1.807, 2.05) is 15.9 Å². The molecule has 4 aliphatic rings. The van der Waals surface area contributed by atoms with Crippen molar-refractivity contribution in [3.05, 3.63) is 29.3 Å². The van der Waals surface area contributed by atoms with Crippen LogP contribution in [-0.4, -0.2) is 103 Å². The summed E-state index contributed by atoms with van der Waals surface area (Å²) in [6.07, 6.45) is 3.06. The number of carbonyl (C=O) groups is 3. The van der Waals surface area contributed by atoms with Crippen molar-refractivity contribution < 1.29 is 19.1 Å². The van der Waals surface area contributed by atoms with Gasteiger partial charge < -0.3 is 19.9 Å². The Balaban J connectivity index is 1.16. The summed E-state index contributed by atoms with van der Waals surface area (Å²) < 4.78 is 5.44. The molecular formula is C28H35N9O4. The van der Waals surface area contributed by atoms with Crippen LogP contribution in [0.25, 0.3) is 11.4 Å². The van der Waals surface area contributed by atoms with Crippen LogP contribution in [0.3, 0.4) is 0 Å². The molecule has 3 saturated heterocycles. The summed E-state index contributed by atoms with van der Waals surface area (Å²) in [6.45, 7) is 6.55. The molecule has 216 valence electrons. The number of aromatic amines is 1. The quantitative estimate of drug-likeness (QED) is 0.533. The lowest BCUT2D eigenvalue weighted by molar-refractivity contribution is -0.141. The zero-order valence-corrected chi connectivity index (χ0v) is 23.5. The molecule has 1 aromatic heterocycles. The number of piperazine rings is 1. The van der Waals surface area contributed by atoms with Gasteiger partial charge in [0.2, 0.25) is 17.6 Å². The van der Waals surface area contributed by atoms with Gasteiger partial charge in [-0.25, -0.2) is 4.79 Å². The molecule has 3 amide bonds. The van der Waals surface area contributed by atoms with Crippen molar-refractivity contribution >= 4 is 17.9 Å². The average Bonchev–Trinajstić information content (AvgIpc) is 3.74. The molecule has 2 bridgehead atoms. The summed E-state index contributed by atoms with van der Waals surface area (Å²) in [5, 5.41) is 26.6. The van der Waals surface area contributed by atoms with Gasteiger partial charge in [0.15, 0.2) is 0 Å². The summed E-state index contributed by atoms with van der Waals surface area (Å²) in [4.78, 5) is 45.6. The molecule has 41 heavy (non-hydrogen) atoms. The number of ether oxygens (including phenoxy) is 1. The van der Waals surface area contributed by atoms with Gasteiger partial charge in [-0.2, -0.15) is 10.5 Å². The van der Waals surface area contributed by atoms with Crippen LogP contribution in [0.15, 0.2) is 18.2 Å². The maximum absolute atomic E-state index is 13.7. The van der Waals surface area contributed by atoms with Crippen molar-refractivity contribution in [1.29, 1.82) is 5.26 Å². The van der Waals surface area contributed by atoms with Crippen LogP contribution >= 0.6 is 0 Å². The normalized spacial score (nSPS) is 26.2. The molecule has 2 N–H and O–H groups in total. The Hall–Kier alpha value is -4.05. The predicted octanol–water partition coefficient (Wildman–Crippen LogP) is 1.55. The highest BCUT2D eigenvalue weighted by Gasteiger charge is 2.53. The Labute approximate surface area is 238 Å². The number of H-pyrrole nitrogens is 1. The number of nitrogens with zero attached hydrogens (tertiary/aromatic N) is 7. The van der Waals surface area contributed by atoms with Crippen molar-refractivity contribution in [3.63, 3.8) is 0 Å². The molecule has 3 aliphatic heterocycles. The lowest BCUT2D eigenvalue weighted by Gasteiger charge is -2.39. The number of carbonyl (C=O) groups excluding carboxylic acids is 3. The van der Waals surface area contributed by atoms with E-state index in [9.17, 15) is 19.6 Å². The first-order valence-electron chi connectivity index (χ1n) is 14.3. The van der Waals surface area contributed by atoms with Crippen LogP contribution in [0.1, 0.15) is 63.6 Å². The highest BCUT2D eigenvalue weighted by molar-refractivity contribution is 5.88. The smallest absolute Gasteiger partial charge is 0.408 e. The van der Waals surface area contributed by atoms with E-state index in [1.54, 1.807) is 25.7 Å². The minimum Gasteiger partial charge on any atom is -0.444 e. The van der Waals surface area contributed by atoms with E-state index in [0.29, 0.717) is 31.8 Å². The van der Waals surface area contributed by atoms with Crippen LogP contribution < -0.4 is 5.32 Å². The summed E-state index contributed by atoms with van der Waals surface area (Å²) >= 11 is 0. The lowest BCUT2D eigenvalue weighted by Crippen LogP contribution is -2.59. The van der Waals surface area contributed by atoms with E-state index in [2.05, 4.69) is 44.1 Å². The number of likely N-dealkylation sites (tertiary alicyclic amines) is 3. The molecule has 0 radical (unpaired) electrons. The van der Waals surface area contributed by atoms with E-state index >= 15 is 0 Å². The van der Waals surface area contributed by atoms with Crippen molar-refractivity contribution in [3.8, 4) is 17.5 Å². The molecular weight excluding hydrogens is 526 g/mol. The Morgan fingerprint density at radius 2 is 2.10 bits per heavy atom. The molecule has 0 saturated carbocycles. The topological polar surface area (TPSA) is 160 Å². The largest absolute Gasteiger partial charge is 0.444 e. The number of tetrazole rings is 1. The SMILES string of the molecule is CC(C)(C)OC(=O)N[C@@H](CN1C[C@@H]2C[C@H]1C(=O)N2[C@H]1CCc2cc(-c3nn[nH]n3)ccc21)C(=O)N1CCC[C@H]1C#N. The van der Waals surface area contributed by atoms with Gasteiger partial charge in [-0.05, 0) is 75.3 Å². The summed E-state index contributed by atoms with van der Waals surface area (Å²) in [6, 6.07) is 6.56. The minimum absolute atomic E-state index is 0.00673. The number of nitriles is 1. The molecule has 2 aromatic rings. The predicted molar refractivity (Wildman–Crippen MR) is 145 cm³/mol. The molecule has 0 spiro atoms. The van der Waals surface area contributed by atoms with Gasteiger partial charge >= 0.3 is 6.09 Å². The van der Waals surface area contributed by atoms with Gasteiger partial charge in [0, 0.05) is 31.2 Å². The molecule has 3 fully saturated rings. The van der Waals surface area contributed by atoms with Crippen molar-refractivity contribution in [2.45, 2.75) is 88.7 Å². The van der Waals surface area contributed by atoms with Crippen LogP contribution in [-0.2, 0) is 20.7 Å². The second-order valence-electron chi connectivity index (χ2n) is 12.3. The van der Waals surface area contributed by atoms with Crippen LogP contribution in [0.5, 0.6) is 0 Å². The molecule has 1 aliphatic carbocycles. The Morgan fingerprint density at radius 3 is 2.80 bits per heavy atom. The van der Waals surface area contributed by atoms with Crippen molar-refractivity contribution in [2.24, 2.45) is 0 Å². The van der Waals surface area contributed by atoms with Crippen molar-refractivity contribution in [1.82, 2.24) is 40.6 Å². The van der Waals surface area contributed by atoms with Gasteiger partial charge in [-0.1, -0.05) is 12.1 Å². The number of nitrogens with one attached hydrogen (secondary N) is 2. The number of hydrogen-bond acceptors (Lipinski definition) is 9. The number of aryl methyl sites for hydroxylation is 1. The number of fused-ring (bicyclic) bond motifs is 3. The lowest BCUT2D eigenvalue weighted by atomic mass is 10.0. The highest BCUT2D eigenvalue weighted by atomic mass is 16.6. The number of hydrogen-bond donors (Lipinski definition) is 2. The first-order chi connectivity index (χ1) is 19.6. The van der Waals surface area contributed by atoms with Gasteiger partial charge in [0.25, 0.3) is 0 Å². The van der Waals surface area contributed by atoms with E-state index < -0.39 is 23.8 Å². The molecule has 13 nitrogen and oxygen atoms in total. The first-order valence-corrected chi connectivity index (χ1v) is 14.3. The first kappa shape index (κ1) is 27.1. The Morgan fingerprint density at radius 1 is 1.27 bits per heavy atom. The number of rotatable bonds is 6. The fraction of sp³-hybridized carbons (Fsp3) is 0.607. The maximum atomic E-state index is 13.7.